The van der Waals surface area contributed by atoms with Gasteiger partial charge in [0.2, 0.25) is 0 Å². The summed E-state index contributed by atoms with van der Waals surface area (Å²) in [6.07, 6.45) is 1.44. The lowest BCUT2D eigenvalue weighted by Crippen LogP contribution is -2.17. The van der Waals surface area contributed by atoms with E-state index >= 15 is 0 Å². The normalized spacial score (nSPS) is 10.1. The number of hydrogen-bond donors (Lipinski definition) is 2. The van der Waals surface area contributed by atoms with Crippen LogP contribution in [0.4, 0.5) is 11.4 Å². The zero-order valence-corrected chi connectivity index (χ0v) is 15.0. The summed E-state index contributed by atoms with van der Waals surface area (Å²) < 4.78 is 5.14. The standard InChI is InChI=1S/C21H19N3O3/c1-14-6-8-16(9-7-14)23-21(26)19-12-15(10-11-22-19)20(25)24-17-4-3-5-18(13-17)27-2/h3-13H,1-2H3,(H,23,26)(H,24,25). The highest BCUT2D eigenvalue weighted by atomic mass is 16.5. The number of aryl methyl sites for hydroxylation is 1. The van der Waals surface area contributed by atoms with Crippen molar-refractivity contribution in [3.8, 4) is 5.75 Å². The molecule has 0 spiro atoms. The van der Waals surface area contributed by atoms with E-state index in [4.69, 9.17) is 4.74 Å². The molecule has 0 radical (unpaired) electrons. The molecule has 0 fully saturated rings. The molecular weight excluding hydrogens is 342 g/mol. The Balaban J connectivity index is 1.73. The molecule has 2 amide bonds. The summed E-state index contributed by atoms with van der Waals surface area (Å²) in [7, 11) is 1.56. The number of aromatic nitrogens is 1. The second-order valence-electron chi connectivity index (χ2n) is 5.94. The minimum atomic E-state index is -0.380. The minimum absolute atomic E-state index is 0.161. The van der Waals surface area contributed by atoms with Crippen LogP contribution in [0, 0.1) is 6.92 Å². The summed E-state index contributed by atoms with van der Waals surface area (Å²) in [5.41, 5.74) is 2.86. The van der Waals surface area contributed by atoms with Gasteiger partial charge in [0.05, 0.1) is 7.11 Å². The van der Waals surface area contributed by atoms with Crippen LogP contribution in [-0.4, -0.2) is 23.9 Å². The van der Waals surface area contributed by atoms with Gasteiger partial charge in [-0.05, 0) is 43.3 Å². The van der Waals surface area contributed by atoms with E-state index in [9.17, 15) is 9.59 Å². The molecule has 0 unspecified atom stereocenters. The lowest BCUT2D eigenvalue weighted by Gasteiger charge is -2.08. The zero-order chi connectivity index (χ0) is 19.2. The van der Waals surface area contributed by atoms with Crippen molar-refractivity contribution in [1.29, 1.82) is 0 Å². The zero-order valence-electron chi connectivity index (χ0n) is 15.0. The summed E-state index contributed by atoms with van der Waals surface area (Å²) >= 11 is 0. The van der Waals surface area contributed by atoms with Gasteiger partial charge in [-0.25, -0.2) is 0 Å². The summed E-state index contributed by atoms with van der Waals surface area (Å²) in [5, 5.41) is 5.54. The summed E-state index contributed by atoms with van der Waals surface area (Å²) in [6, 6.07) is 17.5. The van der Waals surface area contributed by atoms with Crippen LogP contribution in [0.15, 0.2) is 66.9 Å². The number of anilines is 2. The maximum atomic E-state index is 12.5. The molecule has 1 aromatic heterocycles. The van der Waals surface area contributed by atoms with Crippen molar-refractivity contribution in [3.63, 3.8) is 0 Å². The van der Waals surface area contributed by atoms with E-state index in [1.807, 2.05) is 31.2 Å². The van der Waals surface area contributed by atoms with Crippen LogP contribution in [0.1, 0.15) is 26.4 Å². The largest absolute Gasteiger partial charge is 0.497 e. The number of benzene rings is 2. The van der Waals surface area contributed by atoms with Gasteiger partial charge in [0.25, 0.3) is 11.8 Å². The number of ether oxygens (including phenoxy) is 1. The topological polar surface area (TPSA) is 80.3 Å². The quantitative estimate of drug-likeness (QED) is 0.722. The molecule has 6 nitrogen and oxygen atoms in total. The number of carbonyl (C=O) groups excluding carboxylic acids is 2. The van der Waals surface area contributed by atoms with Crippen LogP contribution in [-0.2, 0) is 0 Å². The van der Waals surface area contributed by atoms with E-state index in [2.05, 4.69) is 15.6 Å². The fourth-order valence-corrected chi connectivity index (χ4v) is 2.43. The molecule has 1 heterocycles. The first-order chi connectivity index (χ1) is 13.0. The third kappa shape index (κ3) is 4.70. The number of methoxy groups -OCH3 is 1. The molecule has 0 bridgehead atoms. The number of nitrogens with one attached hydrogen (secondary N) is 2. The average molecular weight is 361 g/mol. The van der Waals surface area contributed by atoms with Crippen molar-refractivity contribution in [2.24, 2.45) is 0 Å². The molecule has 0 saturated heterocycles. The van der Waals surface area contributed by atoms with E-state index in [0.717, 1.165) is 5.56 Å². The molecule has 2 N–H and O–H groups in total. The first kappa shape index (κ1) is 18.1. The van der Waals surface area contributed by atoms with Gasteiger partial charge in [-0.3, -0.25) is 14.6 Å². The first-order valence-corrected chi connectivity index (χ1v) is 8.34. The van der Waals surface area contributed by atoms with Crippen LogP contribution in [0.3, 0.4) is 0 Å². The predicted octanol–water partition coefficient (Wildman–Crippen LogP) is 3.90. The lowest BCUT2D eigenvalue weighted by atomic mass is 10.2. The Morgan fingerprint density at radius 2 is 1.63 bits per heavy atom. The van der Waals surface area contributed by atoms with Gasteiger partial charge in [-0.1, -0.05) is 23.8 Å². The monoisotopic (exact) mass is 361 g/mol. The lowest BCUT2D eigenvalue weighted by molar-refractivity contribution is 0.102. The van der Waals surface area contributed by atoms with Crippen LogP contribution < -0.4 is 15.4 Å². The molecule has 3 rings (SSSR count). The number of amides is 2. The van der Waals surface area contributed by atoms with Crippen LogP contribution in [0.2, 0.25) is 0 Å². The highest BCUT2D eigenvalue weighted by molar-refractivity contribution is 6.07. The van der Waals surface area contributed by atoms with Crippen LogP contribution in [0.25, 0.3) is 0 Å². The Kier molecular flexibility index (Phi) is 5.47. The molecular formula is C21H19N3O3. The molecule has 0 saturated carbocycles. The Labute approximate surface area is 157 Å². The Bertz CT molecular complexity index is 968. The van der Waals surface area contributed by atoms with E-state index in [-0.39, 0.29) is 17.5 Å². The maximum Gasteiger partial charge on any atom is 0.274 e. The van der Waals surface area contributed by atoms with Gasteiger partial charge >= 0.3 is 0 Å². The minimum Gasteiger partial charge on any atom is -0.497 e. The van der Waals surface area contributed by atoms with Gasteiger partial charge in [0.15, 0.2) is 0 Å². The van der Waals surface area contributed by atoms with Gasteiger partial charge in [-0.15, -0.1) is 0 Å². The number of rotatable bonds is 5. The molecule has 3 aromatic rings. The van der Waals surface area contributed by atoms with Crippen molar-refractivity contribution < 1.29 is 14.3 Å². The van der Waals surface area contributed by atoms with Gasteiger partial charge in [0, 0.05) is 29.2 Å². The summed E-state index contributed by atoms with van der Waals surface area (Å²) in [5.74, 6) is -0.0781. The highest BCUT2D eigenvalue weighted by Gasteiger charge is 2.12. The Hall–Kier alpha value is -3.67. The average Bonchev–Trinajstić information content (AvgIpc) is 2.70. The smallest absolute Gasteiger partial charge is 0.274 e. The van der Waals surface area contributed by atoms with Gasteiger partial charge in [0.1, 0.15) is 11.4 Å². The van der Waals surface area contributed by atoms with E-state index in [1.165, 1.54) is 12.3 Å². The fraction of sp³-hybridized carbons (Fsp3) is 0.0952. The number of pyridine rings is 1. The molecule has 0 aliphatic rings. The Morgan fingerprint density at radius 3 is 2.37 bits per heavy atom. The molecule has 27 heavy (non-hydrogen) atoms. The van der Waals surface area contributed by atoms with E-state index in [0.29, 0.717) is 22.7 Å². The number of hydrogen-bond acceptors (Lipinski definition) is 4. The van der Waals surface area contributed by atoms with Crippen molar-refractivity contribution >= 4 is 23.2 Å². The van der Waals surface area contributed by atoms with Crippen LogP contribution >= 0.6 is 0 Å². The van der Waals surface area contributed by atoms with E-state index < -0.39 is 0 Å². The predicted molar refractivity (Wildman–Crippen MR) is 104 cm³/mol. The van der Waals surface area contributed by atoms with Crippen molar-refractivity contribution in [3.05, 3.63) is 83.7 Å². The molecule has 0 aliphatic carbocycles. The number of nitrogens with zero attached hydrogens (tertiary/aromatic N) is 1. The van der Waals surface area contributed by atoms with E-state index in [1.54, 1.807) is 37.4 Å². The van der Waals surface area contributed by atoms with Gasteiger partial charge < -0.3 is 15.4 Å². The fourth-order valence-electron chi connectivity index (χ4n) is 2.43. The maximum absolute atomic E-state index is 12.5. The van der Waals surface area contributed by atoms with Crippen LogP contribution in [0.5, 0.6) is 5.75 Å². The SMILES string of the molecule is COc1cccc(NC(=O)c2ccnc(C(=O)Nc3ccc(C)cc3)c2)c1. The summed E-state index contributed by atoms with van der Waals surface area (Å²) in [4.78, 5) is 28.9. The molecule has 0 atom stereocenters. The first-order valence-electron chi connectivity index (χ1n) is 8.34. The summed E-state index contributed by atoms with van der Waals surface area (Å²) in [6.45, 7) is 1.97. The van der Waals surface area contributed by atoms with Crippen molar-refractivity contribution in [2.45, 2.75) is 6.92 Å². The molecule has 2 aromatic carbocycles. The third-order valence-corrected chi connectivity index (χ3v) is 3.89. The molecule has 6 heteroatoms. The molecule has 136 valence electrons. The second kappa shape index (κ2) is 8.14. The highest BCUT2D eigenvalue weighted by Crippen LogP contribution is 2.18. The van der Waals surface area contributed by atoms with Crippen molar-refractivity contribution in [1.82, 2.24) is 4.98 Å². The van der Waals surface area contributed by atoms with Gasteiger partial charge in [-0.2, -0.15) is 0 Å². The Morgan fingerprint density at radius 1 is 0.889 bits per heavy atom. The molecule has 0 aliphatic heterocycles. The third-order valence-electron chi connectivity index (χ3n) is 3.89. The van der Waals surface area contributed by atoms with Crippen molar-refractivity contribution in [2.75, 3.05) is 17.7 Å². The second-order valence-corrected chi connectivity index (χ2v) is 5.94. The number of carbonyl (C=O) groups is 2.